The summed E-state index contributed by atoms with van der Waals surface area (Å²) in [6.45, 7) is 7.11. The lowest BCUT2D eigenvalue weighted by Crippen LogP contribution is -2.21. The molecule has 3 heteroatoms. The molecule has 3 rings (SSSR count). The summed E-state index contributed by atoms with van der Waals surface area (Å²) in [6.07, 6.45) is 6.01. The Morgan fingerprint density at radius 3 is 2.85 bits per heavy atom. The first-order valence-electron chi connectivity index (χ1n) is 6.89. The van der Waals surface area contributed by atoms with Crippen molar-refractivity contribution in [1.82, 2.24) is 9.88 Å². The molecule has 102 valence electrons. The molecule has 1 aliphatic rings. The predicted octanol–water partition coefficient (Wildman–Crippen LogP) is 3.85. The molecule has 1 aromatic heterocycles. The van der Waals surface area contributed by atoms with Gasteiger partial charge in [-0.1, -0.05) is 18.2 Å². The Balaban J connectivity index is 1.92. The van der Waals surface area contributed by atoms with Crippen LogP contribution in [0.5, 0.6) is 0 Å². The van der Waals surface area contributed by atoms with E-state index in [4.69, 9.17) is 4.98 Å². The molecule has 2 aromatic rings. The topological polar surface area (TPSA) is 28.5 Å². The van der Waals surface area contributed by atoms with Crippen LogP contribution in [-0.4, -0.2) is 21.8 Å². The molecule has 0 saturated heterocycles. The van der Waals surface area contributed by atoms with Crippen molar-refractivity contribution in [3.05, 3.63) is 47.8 Å². The number of para-hydroxylation sites is 1. The fraction of sp³-hybridized carbons (Fsp3) is 0.294. The molecule has 0 amide bonds. The van der Waals surface area contributed by atoms with Crippen LogP contribution < -0.4 is 0 Å². The van der Waals surface area contributed by atoms with Gasteiger partial charge in [-0.3, -0.25) is 4.99 Å². The Hall–Kier alpha value is -2.16. The highest BCUT2D eigenvalue weighted by molar-refractivity contribution is 5.81. The van der Waals surface area contributed by atoms with E-state index in [1.165, 1.54) is 10.9 Å². The summed E-state index contributed by atoms with van der Waals surface area (Å²) in [4.78, 5) is 11.3. The molecule has 20 heavy (non-hydrogen) atoms. The lowest BCUT2D eigenvalue weighted by Gasteiger charge is -2.22. The van der Waals surface area contributed by atoms with E-state index >= 15 is 0 Å². The predicted molar refractivity (Wildman–Crippen MR) is 84.6 cm³/mol. The Morgan fingerprint density at radius 2 is 2.05 bits per heavy atom. The normalized spacial score (nSPS) is 15.1. The maximum absolute atomic E-state index is 4.70. The zero-order valence-corrected chi connectivity index (χ0v) is 12.2. The van der Waals surface area contributed by atoms with Crippen molar-refractivity contribution in [3.63, 3.8) is 0 Å². The van der Waals surface area contributed by atoms with Gasteiger partial charge in [0.15, 0.2) is 0 Å². The van der Waals surface area contributed by atoms with Crippen molar-refractivity contribution in [3.8, 4) is 0 Å². The van der Waals surface area contributed by atoms with E-state index in [1.807, 2.05) is 24.7 Å². The van der Waals surface area contributed by atoms with Gasteiger partial charge >= 0.3 is 0 Å². The minimum atomic E-state index is -0.0459. The molecule has 1 aromatic carbocycles. The first-order valence-corrected chi connectivity index (χ1v) is 6.89. The zero-order chi connectivity index (χ0) is 14.2. The maximum Gasteiger partial charge on any atom is 0.0899 e. The van der Waals surface area contributed by atoms with Gasteiger partial charge in [-0.2, -0.15) is 0 Å². The molecule has 0 saturated carbocycles. The molecular formula is C17H19N3. The van der Waals surface area contributed by atoms with Gasteiger partial charge in [0.05, 0.1) is 29.6 Å². The highest BCUT2D eigenvalue weighted by Crippen LogP contribution is 2.22. The Kier molecular flexibility index (Phi) is 3.05. The van der Waals surface area contributed by atoms with Crippen LogP contribution in [0, 0.1) is 0 Å². The highest BCUT2D eigenvalue weighted by atomic mass is 15.1. The molecular weight excluding hydrogens is 246 g/mol. The summed E-state index contributed by atoms with van der Waals surface area (Å²) in [7, 11) is 0. The maximum atomic E-state index is 4.70. The zero-order valence-electron chi connectivity index (χ0n) is 12.2. The van der Waals surface area contributed by atoms with Gasteiger partial charge in [-0.15, -0.1) is 0 Å². The van der Waals surface area contributed by atoms with Crippen LogP contribution >= 0.6 is 0 Å². The standard InChI is InChI=1S/C17H19N3/c1-17(2,3)18-12-20-9-8-16-14(11-20)10-13-6-4-5-7-15(13)19-16/h4-10,12H,11H2,1-3H3. The lowest BCUT2D eigenvalue weighted by atomic mass is 10.1. The van der Waals surface area contributed by atoms with Crippen LogP contribution in [0.15, 0.2) is 41.5 Å². The van der Waals surface area contributed by atoms with Crippen molar-refractivity contribution in [2.45, 2.75) is 32.9 Å². The first kappa shape index (κ1) is 12.9. The molecule has 0 radical (unpaired) electrons. The largest absolute Gasteiger partial charge is 0.335 e. The number of pyridine rings is 1. The van der Waals surface area contributed by atoms with Crippen molar-refractivity contribution in [2.24, 2.45) is 4.99 Å². The second kappa shape index (κ2) is 4.75. The molecule has 0 aliphatic carbocycles. The number of rotatable bonds is 1. The third kappa shape index (κ3) is 2.72. The van der Waals surface area contributed by atoms with Crippen molar-refractivity contribution < 1.29 is 0 Å². The van der Waals surface area contributed by atoms with Gasteiger partial charge in [0.1, 0.15) is 0 Å². The summed E-state index contributed by atoms with van der Waals surface area (Å²) in [6, 6.07) is 10.5. The Bertz CT molecular complexity index is 693. The minimum absolute atomic E-state index is 0.0459. The smallest absolute Gasteiger partial charge is 0.0899 e. The number of aromatic nitrogens is 1. The van der Waals surface area contributed by atoms with Crippen LogP contribution in [0.4, 0.5) is 0 Å². The van der Waals surface area contributed by atoms with Crippen molar-refractivity contribution in [1.29, 1.82) is 0 Å². The number of aliphatic imine (C=N–C) groups is 1. The van der Waals surface area contributed by atoms with Crippen molar-refractivity contribution >= 4 is 23.3 Å². The molecule has 0 spiro atoms. The SMILES string of the molecule is CC(C)(C)N=CN1C=Cc2nc3ccccc3cc2C1. The molecule has 0 N–H and O–H groups in total. The molecule has 0 atom stereocenters. The van der Waals surface area contributed by atoms with Crippen LogP contribution in [0.1, 0.15) is 32.0 Å². The number of nitrogens with zero attached hydrogens (tertiary/aromatic N) is 3. The minimum Gasteiger partial charge on any atom is -0.335 e. The Morgan fingerprint density at radius 1 is 1.25 bits per heavy atom. The molecule has 0 bridgehead atoms. The first-order chi connectivity index (χ1) is 9.51. The van der Waals surface area contributed by atoms with Gasteiger partial charge in [-0.25, -0.2) is 4.98 Å². The van der Waals surface area contributed by atoms with E-state index in [-0.39, 0.29) is 5.54 Å². The number of hydrogen-bond acceptors (Lipinski definition) is 2. The van der Waals surface area contributed by atoms with E-state index in [0.717, 1.165) is 17.8 Å². The lowest BCUT2D eigenvalue weighted by molar-refractivity contribution is 0.529. The monoisotopic (exact) mass is 265 g/mol. The third-order valence-electron chi connectivity index (χ3n) is 3.21. The average Bonchev–Trinajstić information content (AvgIpc) is 2.42. The van der Waals surface area contributed by atoms with E-state index in [9.17, 15) is 0 Å². The van der Waals surface area contributed by atoms with Crippen molar-refractivity contribution in [2.75, 3.05) is 0 Å². The van der Waals surface area contributed by atoms with Gasteiger partial charge in [0.2, 0.25) is 0 Å². The third-order valence-corrected chi connectivity index (χ3v) is 3.21. The van der Waals surface area contributed by atoms with Crippen LogP contribution in [0.2, 0.25) is 0 Å². The fourth-order valence-corrected chi connectivity index (χ4v) is 2.19. The fourth-order valence-electron chi connectivity index (χ4n) is 2.19. The molecule has 3 nitrogen and oxygen atoms in total. The summed E-state index contributed by atoms with van der Waals surface area (Å²) in [5.41, 5.74) is 3.30. The highest BCUT2D eigenvalue weighted by Gasteiger charge is 2.12. The molecule has 0 unspecified atom stereocenters. The quantitative estimate of drug-likeness (QED) is 0.579. The molecule has 2 heterocycles. The number of hydrogen-bond donors (Lipinski definition) is 0. The van der Waals surface area contributed by atoms with Gasteiger partial charge in [-0.05, 0) is 44.5 Å². The molecule has 0 fully saturated rings. The average molecular weight is 265 g/mol. The summed E-state index contributed by atoms with van der Waals surface area (Å²) in [5, 5.41) is 1.19. The summed E-state index contributed by atoms with van der Waals surface area (Å²) < 4.78 is 0. The number of benzene rings is 1. The van der Waals surface area contributed by atoms with E-state index in [0.29, 0.717) is 0 Å². The van der Waals surface area contributed by atoms with Crippen LogP contribution in [0.3, 0.4) is 0 Å². The second-order valence-corrected chi connectivity index (χ2v) is 6.13. The van der Waals surface area contributed by atoms with Gasteiger partial charge in [0.25, 0.3) is 0 Å². The van der Waals surface area contributed by atoms with E-state index in [1.54, 1.807) is 0 Å². The molecule has 1 aliphatic heterocycles. The second-order valence-electron chi connectivity index (χ2n) is 6.13. The van der Waals surface area contributed by atoms with Crippen LogP contribution in [0.25, 0.3) is 17.0 Å². The van der Waals surface area contributed by atoms with E-state index < -0.39 is 0 Å². The summed E-state index contributed by atoms with van der Waals surface area (Å²) >= 11 is 0. The van der Waals surface area contributed by atoms with Gasteiger partial charge in [0, 0.05) is 11.6 Å². The Labute approximate surface area is 119 Å². The number of fused-ring (bicyclic) bond motifs is 2. The summed E-state index contributed by atoms with van der Waals surface area (Å²) in [5.74, 6) is 0. The van der Waals surface area contributed by atoms with Crippen LogP contribution in [-0.2, 0) is 6.54 Å². The van der Waals surface area contributed by atoms with E-state index in [2.05, 4.69) is 54.9 Å². The van der Waals surface area contributed by atoms with Gasteiger partial charge < -0.3 is 4.90 Å².